The molecule has 0 aliphatic carbocycles. The number of carbonyl (C=O) groups is 1. The van der Waals surface area contributed by atoms with Crippen LogP contribution in [0.15, 0.2) is 66.3 Å². The van der Waals surface area contributed by atoms with Gasteiger partial charge >= 0.3 is 0 Å². The van der Waals surface area contributed by atoms with Crippen LogP contribution in [-0.4, -0.2) is 26.5 Å². The lowest BCUT2D eigenvalue weighted by Crippen LogP contribution is -2.08. The molecule has 3 nitrogen and oxygen atoms in total. The molecule has 0 atom stereocenters. The Morgan fingerprint density at radius 1 is 1.09 bits per heavy atom. The Morgan fingerprint density at radius 3 is 2.57 bits per heavy atom. The van der Waals surface area contributed by atoms with Gasteiger partial charge in [-0.1, -0.05) is 24.3 Å². The lowest BCUT2D eigenvalue weighted by molar-refractivity contribution is 0.104. The molecule has 0 N–H and O–H groups in total. The van der Waals surface area contributed by atoms with Crippen molar-refractivity contribution in [1.82, 2.24) is 0 Å². The largest absolute Gasteiger partial charge is 0.488 e. The first-order chi connectivity index (χ1) is 11.1. The Labute approximate surface area is 136 Å². The van der Waals surface area contributed by atoms with Crippen LogP contribution < -0.4 is 9.64 Å². The van der Waals surface area contributed by atoms with Crippen molar-refractivity contribution < 1.29 is 9.53 Å². The fraction of sp³-hybridized carbons (Fsp3) is 0.150. The van der Waals surface area contributed by atoms with Gasteiger partial charge in [-0.15, -0.1) is 0 Å². The van der Waals surface area contributed by atoms with E-state index in [4.69, 9.17) is 4.74 Å². The number of carbonyl (C=O) groups excluding carboxylic acids is 1. The van der Waals surface area contributed by atoms with Crippen molar-refractivity contribution in [2.75, 3.05) is 25.6 Å². The fourth-order valence-electron chi connectivity index (χ4n) is 2.43. The summed E-state index contributed by atoms with van der Waals surface area (Å²) in [4.78, 5) is 14.3. The van der Waals surface area contributed by atoms with E-state index in [1.54, 1.807) is 6.08 Å². The number of allylic oxidation sites excluding steroid dienone is 1. The van der Waals surface area contributed by atoms with E-state index in [2.05, 4.69) is 6.08 Å². The number of anilines is 1. The Morgan fingerprint density at radius 2 is 1.83 bits per heavy atom. The minimum atomic E-state index is -0.00457. The van der Waals surface area contributed by atoms with Crippen LogP contribution in [0.1, 0.15) is 15.9 Å². The van der Waals surface area contributed by atoms with Gasteiger partial charge in [-0.3, -0.25) is 4.79 Å². The number of fused-ring (bicyclic) bond motifs is 1. The normalized spacial score (nSPS) is 13.2. The SMILES string of the molecule is CN(C)c1ccc(C(=O)/C=C/C2=Cc3ccccc3OC2)cc1. The fourth-order valence-corrected chi connectivity index (χ4v) is 2.43. The second-order valence-corrected chi connectivity index (χ2v) is 5.68. The van der Waals surface area contributed by atoms with Crippen LogP contribution in [0.25, 0.3) is 6.08 Å². The molecule has 2 aromatic carbocycles. The van der Waals surface area contributed by atoms with Gasteiger partial charge in [-0.25, -0.2) is 0 Å². The van der Waals surface area contributed by atoms with Gasteiger partial charge in [-0.2, -0.15) is 0 Å². The maximum absolute atomic E-state index is 12.2. The van der Waals surface area contributed by atoms with E-state index in [1.165, 1.54) is 0 Å². The maximum Gasteiger partial charge on any atom is 0.185 e. The number of benzene rings is 2. The lowest BCUT2D eigenvalue weighted by atomic mass is 10.1. The van der Waals surface area contributed by atoms with Crippen molar-refractivity contribution in [2.45, 2.75) is 0 Å². The molecule has 0 fully saturated rings. The molecule has 0 bridgehead atoms. The van der Waals surface area contributed by atoms with E-state index >= 15 is 0 Å². The highest BCUT2D eigenvalue weighted by atomic mass is 16.5. The Kier molecular flexibility index (Phi) is 4.29. The number of hydrogen-bond acceptors (Lipinski definition) is 3. The molecule has 2 aromatic rings. The van der Waals surface area contributed by atoms with Gasteiger partial charge in [0.25, 0.3) is 0 Å². The van der Waals surface area contributed by atoms with Crippen LogP contribution in [0.2, 0.25) is 0 Å². The minimum Gasteiger partial charge on any atom is -0.488 e. The van der Waals surface area contributed by atoms with Crippen molar-refractivity contribution in [3.63, 3.8) is 0 Å². The molecule has 1 aliphatic rings. The van der Waals surface area contributed by atoms with E-state index < -0.39 is 0 Å². The van der Waals surface area contributed by atoms with Crippen LogP contribution in [0.5, 0.6) is 5.75 Å². The number of ether oxygens (including phenoxy) is 1. The Bertz CT molecular complexity index is 770. The molecule has 1 heterocycles. The van der Waals surface area contributed by atoms with Gasteiger partial charge in [0.2, 0.25) is 0 Å². The average molecular weight is 305 g/mol. The summed E-state index contributed by atoms with van der Waals surface area (Å²) in [7, 11) is 3.95. The molecule has 3 rings (SSSR count). The highest BCUT2D eigenvalue weighted by Crippen LogP contribution is 2.26. The van der Waals surface area contributed by atoms with Crippen molar-refractivity contribution in [3.05, 3.63) is 77.4 Å². The topological polar surface area (TPSA) is 29.5 Å². The Balaban J connectivity index is 1.73. The van der Waals surface area contributed by atoms with Crippen LogP contribution in [0.3, 0.4) is 0 Å². The van der Waals surface area contributed by atoms with E-state index in [1.807, 2.05) is 73.6 Å². The van der Waals surface area contributed by atoms with Crippen molar-refractivity contribution in [2.24, 2.45) is 0 Å². The Hall–Kier alpha value is -2.81. The molecule has 0 aromatic heterocycles. The summed E-state index contributed by atoms with van der Waals surface area (Å²) < 4.78 is 5.68. The van der Waals surface area contributed by atoms with Crippen LogP contribution in [-0.2, 0) is 0 Å². The predicted molar refractivity (Wildman–Crippen MR) is 94.2 cm³/mol. The molecule has 116 valence electrons. The summed E-state index contributed by atoms with van der Waals surface area (Å²) in [6.45, 7) is 0.486. The standard InChI is InChI=1S/C20H19NO2/c1-21(2)18-10-8-16(9-11-18)19(22)12-7-15-13-17-5-3-4-6-20(17)23-14-15/h3-13H,14H2,1-2H3/b12-7+. The second-order valence-electron chi connectivity index (χ2n) is 5.68. The number of nitrogens with zero attached hydrogens (tertiary/aromatic N) is 1. The highest BCUT2D eigenvalue weighted by molar-refractivity contribution is 6.05. The minimum absolute atomic E-state index is 0.00457. The average Bonchev–Trinajstić information content (AvgIpc) is 2.59. The molecule has 0 unspecified atom stereocenters. The molecular formula is C20H19NO2. The molecule has 3 heteroatoms. The summed E-state index contributed by atoms with van der Waals surface area (Å²) >= 11 is 0. The van der Waals surface area contributed by atoms with Gasteiger partial charge < -0.3 is 9.64 Å². The molecule has 0 saturated heterocycles. The van der Waals surface area contributed by atoms with E-state index in [0.717, 1.165) is 22.6 Å². The molecule has 0 saturated carbocycles. The molecule has 0 spiro atoms. The third-order valence-corrected chi connectivity index (χ3v) is 3.77. The number of para-hydroxylation sites is 1. The van der Waals surface area contributed by atoms with E-state index in [9.17, 15) is 4.79 Å². The zero-order valence-corrected chi connectivity index (χ0v) is 13.3. The quantitative estimate of drug-likeness (QED) is 0.632. The van der Waals surface area contributed by atoms with Gasteiger partial charge in [0.05, 0.1) is 0 Å². The van der Waals surface area contributed by atoms with Gasteiger partial charge in [0, 0.05) is 30.9 Å². The second kappa shape index (κ2) is 6.53. The van der Waals surface area contributed by atoms with Crippen molar-refractivity contribution in [3.8, 4) is 5.75 Å². The van der Waals surface area contributed by atoms with Crippen LogP contribution >= 0.6 is 0 Å². The lowest BCUT2D eigenvalue weighted by Gasteiger charge is -2.15. The molecule has 23 heavy (non-hydrogen) atoms. The summed E-state index contributed by atoms with van der Waals surface area (Å²) in [5.74, 6) is 0.880. The van der Waals surface area contributed by atoms with Crippen molar-refractivity contribution in [1.29, 1.82) is 0 Å². The predicted octanol–water partition coefficient (Wildman–Crippen LogP) is 3.97. The zero-order valence-electron chi connectivity index (χ0n) is 13.3. The summed E-state index contributed by atoms with van der Waals surface area (Å²) in [6, 6.07) is 15.5. The number of hydrogen-bond donors (Lipinski definition) is 0. The van der Waals surface area contributed by atoms with Crippen LogP contribution in [0, 0.1) is 0 Å². The van der Waals surface area contributed by atoms with Crippen LogP contribution in [0.4, 0.5) is 5.69 Å². The van der Waals surface area contributed by atoms with Gasteiger partial charge in [0.1, 0.15) is 12.4 Å². The number of rotatable bonds is 4. The van der Waals surface area contributed by atoms with Gasteiger partial charge in [-0.05, 0) is 48.1 Å². The highest BCUT2D eigenvalue weighted by Gasteiger charge is 2.09. The molecule has 1 aliphatic heterocycles. The molecule has 0 amide bonds. The maximum atomic E-state index is 12.2. The van der Waals surface area contributed by atoms with Crippen molar-refractivity contribution >= 4 is 17.5 Å². The first-order valence-corrected chi connectivity index (χ1v) is 7.56. The first kappa shape index (κ1) is 15.1. The van der Waals surface area contributed by atoms with E-state index in [0.29, 0.717) is 12.2 Å². The first-order valence-electron chi connectivity index (χ1n) is 7.56. The molecule has 0 radical (unpaired) electrons. The summed E-state index contributed by atoms with van der Waals surface area (Å²) in [6.07, 6.45) is 5.49. The van der Waals surface area contributed by atoms with E-state index in [-0.39, 0.29) is 5.78 Å². The monoisotopic (exact) mass is 305 g/mol. The third kappa shape index (κ3) is 3.51. The third-order valence-electron chi connectivity index (χ3n) is 3.77. The van der Waals surface area contributed by atoms with Gasteiger partial charge in [0.15, 0.2) is 5.78 Å². The molecular weight excluding hydrogens is 286 g/mol. The smallest absolute Gasteiger partial charge is 0.185 e. The summed E-state index contributed by atoms with van der Waals surface area (Å²) in [5.41, 5.74) is 3.79. The summed E-state index contributed by atoms with van der Waals surface area (Å²) in [5, 5.41) is 0. The zero-order chi connectivity index (χ0) is 16.2. The number of ketones is 1.